The normalized spacial score (nSPS) is 10.9. The van der Waals surface area contributed by atoms with Crippen LogP contribution in [-0.2, 0) is 11.2 Å². The Hall–Kier alpha value is -1.32. The maximum absolute atomic E-state index is 11.9. The largest absolute Gasteiger partial charge is 0.462 e. The van der Waals surface area contributed by atoms with Crippen molar-refractivity contribution in [1.82, 2.24) is 9.78 Å². The molecule has 0 N–H and O–H groups in total. The van der Waals surface area contributed by atoms with Gasteiger partial charge in [0, 0.05) is 0 Å². The molecule has 18 heavy (non-hydrogen) atoms. The Labute approximate surface area is 109 Å². The van der Waals surface area contributed by atoms with Gasteiger partial charge < -0.3 is 4.74 Å². The lowest BCUT2D eigenvalue weighted by Crippen LogP contribution is -2.14. The number of esters is 1. The minimum atomic E-state index is -0.252. The quantitative estimate of drug-likeness (QED) is 0.699. The zero-order valence-corrected chi connectivity index (χ0v) is 11.9. The number of carbonyl (C=O) groups excluding carboxylic acids is 1. The minimum absolute atomic E-state index is 0.252. The van der Waals surface area contributed by atoms with Crippen molar-refractivity contribution in [2.75, 3.05) is 6.61 Å². The van der Waals surface area contributed by atoms with Crippen molar-refractivity contribution in [2.45, 2.75) is 59.4 Å². The molecule has 0 bridgehead atoms. The molecule has 4 heteroatoms. The Bertz CT molecular complexity index is 381. The zero-order valence-electron chi connectivity index (χ0n) is 11.9. The van der Waals surface area contributed by atoms with Crippen molar-refractivity contribution in [3.05, 3.63) is 17.5 Å². The molecule has 1 aromatic heterocycles. The highest BCUT2D eigenvalue weighted by Crippen LogP contribution is 2.21. The third kappa shape index (κ3) is 3.12. The molecule has 0 spiro atoms. The molecule has 0 unspecified atom stereocenters. The summed E-state index contributed by atoms with van der Waals surface area (Å²) in [5.41, 5.74) is 1.65. The lowest BCUT2D eigenvalue weighted by atomic mass is 10.1. The predicted molar refractivity (Wildman–Crippen MR) is 71.8 cm³/mol. The van der Waals surface area contributed by atoms with E-state index in [1.54, 1.807) is 6.20 Å². The fourth-order valence-corrected chi connectivity index (χ4v) is 2.20. The van der Waals surface area contributed by atoms with Crippen LogP contribution in [0.1, 0.15) is 69.1 Å². The molecule has 0 amide bonds. The van der Waals surface area contributed by atoms with Gasteiger partial charge in [-0.1, -0.05) is 27.2 Å². The topological polar surface area (TPSA) is 44.1 Å². The van der Waals surface area contributed by atoms with Gasteiger partial charge in [0.05, 0.1) is 24.5 Å². The van der Waals surface area contributed by atoms with Crippen molar-refractivity contribution in [1.29, 1.82) is 0 Å². The number of hydrogen-bond donors (Lipinski definition) is 0. The maximum atomic E-state index is 11.9. The summed E-state index contributed by atoms with van der Waals surface area (Å²) in [6, 6.07) is 0.370. The summed E-state index contributed by atoms with van der Waals surface area (Å²) in [6.07, 6.45) is 5.57. The SMILES string of the molecule is CCCc1c(C(=O)OCC)cnn1C(CC)CC. The predicted octanol–water partition coefficient (Wildman–Crippen LogP) is 3.37. The van der Waals surface area contributed by atoms with Gasteiger partial charge in [0.15, 0.2) is 0 Å². The van der Waals surface area contributed by atoms with Crippen molar-refractivity contribution in [3.8, 4) is 0 Å². The van der Waals surface area contributed by atoms with E-state index in [2.05, 4.69) is 25.9 Å². The van der Waals surface area contributed by atoms with Crippen molar-refractivity contribution >= 4 is 5.97 Å². The summed E-state index contributed by atoms with van der Waals surface area (Å²) >= 11 is 0. The summed E-state index contributed by atoms with van der Waals surface area (Å²) in [5, 5.41) is 4.40. The second-order valence-electron chi connectivity index (χ2n) is 4.39. The third-order valence-corrected chi connectivity index (χ3v) is 3.17. The molecule has 0 saturated heterocycles. The maximum Gasteiger partial charge on any atom is 0.341 e. The van der Waals surface area contributed by atoms with Gasteiger partial charge in [0.1, 0.15) is 5.56 Å². The van der Waals surface area contributed by atoms with Gasteiger partial charge in [0.2, 0.25) is 0 Å². The fraction of sp³-hybridized carbons (Fsp3) is 0.714. The van der Waals surface area contributed by atoms with E-state index in [9.17, 15) is 4.79 Å². The Morgan fingerprint density at radius 2 is 2.00 bits per heavy atom. The molecule has 1 rings (SSSR count). The number of carbonyl (C=O) groups is 1. The van der Waals surface area contributed by atoms with E-state index >= 15 is 0 Å². The molecular formula is C14H24N2O2. The zero-order chi connectivity index (χ0) is 13.5. The van der Waals surface area contributed by atoms with Crippen LogP contribution in [0.15, 0.2) is 6.20 Å². The summed E-state index contributed by atoms with van der Waals surface area (Å²) in [6.45, 7) is 8.63. The summed E-state index contributed by atoms with van der Waals surface area (Å²) in [7, 11) is 0. The fourth-order valence-electron chi connectivity index (χ4n) is 2.20. The van der Waals surface area contributed by atoms with Gasteiger partial charge >= 0.3 is 5.97 Å². The molecule has 0 aliphatic heterocycles. The van der Waals surface area contributed by atoms with Crippen LogP contribution in [0.2, 0.25) is 0 Å². The second kappa shape index (κ2) is 7.19. The molecule has 0 atom stereocenters. The number of ether oxygens (including phenoxy) is 1. The summed E-state index contributed by atoms with van der Waals surface area (Å²) in [5.74, 6) is -0.252. The number of nitrogens with zero attached hydrogens (tertiary/aromatic N) is 2. The Morgan fingerprint density at radius 1 is 1.33 bits per heavy atom. The van der Waals surface area contributed by atoms with Crippen LogP contribution in [0, 0.1) is 0 Å². The summed E-state index contributed by atoms with van der Waals surface area (Å²) < 4.78 is 7.09. The molecule has 0 aromatic carbocycles. The average molecular weight is 252 g/mol. The van der Waals surface area contributed by atoms with Gasteiger partial charge in [-0.25, -0.2) is 4.79 Å². The monoisotopic (exact) mass is 252 g/mol. The molecule has 1 aromatic rings. The first-order valence-corrected chi connectivity index (χ1v) is 6.92. The highest BCUT2D eigenvalue weighted by atomic mass is 16.5. The summed E-state index contributed by atoms with van der Waals surface area (Å²) in [4.78, 5) is 11.9. The molecule has 1 heterocycles. The molecule has 0 aliphatic carbocycles. The standard InChI is InChI=1S/C14H24N2O2/c1-5-9-13-12(14(17)18-8-4)10-15-16(13)11(6-2)7-3/h10-11H,5-9H2,1-4H3. The van der Waals surface area contributed by atoms with Crippen LogP contribution in [0.3, 0.4) is 0 Å². The van der Waals surface area contributed by atoms with Crippen molar-refractivity contribution < 1.29 is 9.53 Å². The Balaban J connectivity index is 3.09. The van der Waals surface area contributed by atoms with Crippen LogP contribution in [0.25, 0.3) is 0 Å². The number of rotatable bonds is 7. The minimum Gasteiger partial charge on any atom is -0.462 e. The molecule has 0 fully saturated rings. The highest BCUT2D eigenvalue weighted by Gasteiger charge is 2.20. The van der Waals surface area contributed by atoms with E-state index in [1.807, 2.05) is 11.6 Å². The first-order chi connectivity index (χ1) is 8.69. The van der Waals surface area contributed by atoms with E-state index < -0.39 is 0 Å². The highest BCUT2D eigenvalue weighted by molar-refractivity contribution is 5.90. The van der Waals surface area contributed by atoms with Crippen LogP contribution in [0.5, 0.6) is 0 Å². The van der Waals surface area contributed by atoms with Gasteiger partial charge in [-0.2, -0.15) is 5.10 Å². The van der Waals surface area contributed by atoms with E-state index in [0.29, 0.717) is 18.2 Å². The van der Waals surface area contributed by atoms with Crippen LogP contribution in [0.4, 0.5) is 0 Å². The lowest BCUT2D eigenvalue weighted by molar-refractivity contribution is 0.0524. The molecular weight excluding hydrogens is 228 g/mol. The Morgan fingerprint density at radius 3 is 2.50 bits per heavy atom. The molecule has 102 valence electrons. The van der Waals surface area contributed by atoms with E-state index in [0.717, 1.165) is 31.4 Å². The van der Waals surface area contributed by atoms with Crippen LogP contribution >= 0.6 is 0 Å². The smallest absolute Gasteiger partial charge is 0.341 e. The molecule has 0 saturated carbocycles. The lowest BCUT2D eigenvalue weighted by Gasteiger charge is -2.17. The van der Waals surface area contributed by atoms with Gasteiger partial charge in [-0.3, -0.25) is 4.68 Å². The van der Waals surface area contributed by atoms with Crippen LogP contribution in [-0.4, -0.2) is 22.4 Å². The van der Waals surface area contributed by atoms with E-state index in [4.69, 9.17) is 4.74 Å². The first-order valence-electron chi connectivity index (χ1n) is 6.92. The first kappa shape index (κ1) is 14.7. The van der Waals surface area contributed by atoms with Crippen LogP contribution < -0.4 is 0 Å². The molecule has 4 nitrogen and oxygen atoms in total. The molecule has 0 radical (unpaired) electrons. The average Bonchev–Trinajstić information content (AvgIpc) is 2.76. The van der Waals surface area contributed by atoms with Gasteiger partial charge in [-0.15, -0.1) is 0 Å². The second-order valence-corrected chi connectivity index (χ2v) is 4.39. The van der Waals surface area contributed by atoms with Gasteiger partial charge in [0.25, 0.3) is 0 Å². The number of hydrogen-bond acceptors (Lipinski definition) is 3. The molecule has 0 aliphatic rings. The number of aromatic nitrogens is 2. The van der Waals surface area contributed by atoms with E-state index in [1.165, 1.54) is 0 Å². The van der Waals surface area contributed by atoms with Crippen molar-refractivity contribution in [3.63, 3.8) is 0 Å². The Kier molecular flexibility index (Phi) is 5.89. The van der Waals surface area contributed by atoms with E-state index in [-0.39, 0.29) is 5.97 Å². The third-order valence-electron chi connectivity index (χ3n) is 3.17. The van der Waals surface area contributed by atoms with Crippen molar-refractivity contribution in [2.24, 2.45) is 0 Å². The van der Waals surface area contributed by atoms with Gasteiger partial charge in [-0.05, 0) is 26.2 Å².